The van der Waals surface area contributed by atoms with Crippen molar-refractivity contribution in [2.45, 2.75) is 31.8 Å². The highest BCUT2D eigenvalue weighted by Gasteiger charge is 2.27. The average molecular weight is 341 g/mol. The summed E-state index contributed by atoms with van der Waals surface area (Å²) < 4.78 is 6.26. The maximum atomic E-state index is 12.9. The van der Waals surface area contributed by atoms with Gasteiger partial charge in [0.05, 0.1) is 19.2 Å². The van der Waals surface area contributed by atoms with E-state index in [0.29, 0.717) is 13.2 Å². The molecule has 2 aromatic rings. The van der Waals surface area contributed by atoms with Crippen molar-refractivity contribution in [2.75, 3.05) is 20.8 Å². The third-order valence-corrected chi connectivity index (χ3v) is 4.72. The van der Waals surface area contributed by atoms with Gasteiger partial charge in [-0.15, -0.1) is 0 Å². The number of hydrogen-bond acceptors (Lipinski definition) is 4. The lowest BCUT2D eigenvalue weighted by Crippen LogP contribution is -2.35. The molecule has 1 aliphatic rings. The quantitative estimate of drug-likeness (QED) is 0.835. The Morgan fingerprint density at radius 3 is 2.92 bits per heavy atom. The van der Waals surface area contributed by atoms with Crippen molar-refractivity contribution >= 4 is 5.91 Å². The number of amides is 1. The zero-order valence-corrected chi connectivity index (χ0v) is 14.6. The first-order valence-corrected chi connectivity index (χ1v) is 8.54. The highest BCUT2D eigenvalue weighted by atomic mass is 16.5. The van der Waals surface area contributed by atoms with Crippen LogP contribution >= 0.6 is 0 Å². The van der Waals surface area contributed by atoms with Crippen molar-refractivity contribution in [1.29, 1.82) is 0 Å². The number of methoxy groups -OCH3 is 1. The number of benzene rings is 1. The van der Waals surface area contributed by atoms with Crippen LogP contribution in [0.15, 0.2) is 41.2 Å². The van der Waals surface area contributed by atoms with Gasteiger partial charge < -0.3 is 9.64 Å². The smallest absolute Gasteiger partial charge is 0.274 e. The Hall–Kier alpha value is -2.47. The number of rotatable bonds is 5. The van der Waals surface area contributed by atoms with Crippen LogP contribution in [0.2, 0.25) is 0 Å². The summed E-state index contributed by atoms with van der Waals surface area (Å²) in [5.74, 6) is -0.173. The summed E-state index contributed by atoms with van der Waals surface area (Å²) >= 11 is 0. The highest BCUT2D eigenvalue weighted by molar-refractivity contribution is 5.92. The van der Waals surface area contributed by atoms with Gasteiger partial charge in [-0.1, -0.05) is 24.3 Å². The molecule has 1 aliphatic carbocycles. The van der Waals surface area contributed by atoms with Crippen molar-refractivity contribution in [1.82, 2.24) is 14.7 Å². The fourth-order valence-electron chi connectivity index (χ4n) is 3.35. The zero-order chi connectivity index (χ0) is 17.8. The molecule has 0 radical (unpaired) electrons. The molecular formula is C19H23N3O3. The third-order valence-electron chi connectivity index (χ3n) is 4.72. The van der Waals surface area contributed by atoms with Crippen LogP contribution in [0.5, 0.6) is 0 Å². The number of fused-ring (bicyclic) bond motifs is 1. The fourth-order valence-corrected chi connectivity index (χ4v) is 3.35. The number of aryl methyl sites for hydroxylation is 1. The Bertz CT molecular complexity index is 816. The molecule has 0 saturated carbocycles. The van der Waals surface area contributed by atoms with Crippen LogP contribution in [0.3, 0.4) is 0 Å². The van der Waals surface area contributed by atoms with Crippen molar-refractivity contribution in [3.05, 3.63) is 63.6 Å². The van der Waals surface area contributed by atoms with Crippen LogP contribution in [0.1, 0.15) is 40.5 Å². The summed E-state index contributed by atoms with van der Waals surface area (Å²) in [5.41, 5.74) is 2.55. The first kappa shape index (κ1) is 17.4. The maximum Gasteiger partial charge on any atom is 0.274 e. The molecule has 0 fully saturated rings. The fraction of sp³-hybridized carbons (Fsp3) is 0.421. The van der Waals surface area contributed by atoms with Crippen molar-refractivity contribution in [2.24, 2.45) is 0 Å². The normalized spacial score (nSPS) is 16.3. The Morgan fingerprint density at radius 2 is 2.12 bits per heavy atom. The van der Waals surface area contributed by atoms with E-state index in [1.165, 1.54) is 27.9 Å². The van der Waals surface area contributed by atoms with Crippen LogP contribution < -0.4 is 5.56 Å². The number of hydrogen-bond donors (Lipinski definition) is 0. The summed E-state index contributed by atoms with van der Waals surface area (Å²) in [7, 11) is 3.37. The molecule has 25 heavy (non-hydrogen) atoms. The molecule has 1 atom stereocenters. The van der Waals surface area contributed by atoms with E-state index >= 15 is 0 Å². The predicted molar refractivity (Wildman–Crippen MR) is 94.6 cm³/mol. The minimum Gasteiger partial charge on any atom is -0.383 e. The van der Waals surface area contributed by atoms with Gasteiger partial charge in [0.25, 0.3) is 11.5 Å². The van der Waals surface area contributed by atoms with Crippen LogP contribution in [0.4, 0.5) is 0 Å². The lowest BCUT2D eigenvalue weighted by molar-refractivity contribution is 0.0705. The third kappa shape index (κ3) is 3.64. The van der Waals surface area contributed by atoms with Gasteiger partial charge in [0.15, 0.2) is 0 Å². The van der Waals surface area contributed by atoms with E-state index in [1.807, 2.05) is 12.1 Å². The topological polar surface area (TPSA) is 64.4 Å². The van der Waals surface area contributed by atoms with Gasteiger partial charge in [-0.3, -0.25) is 9.59 Å². The number of ether oxygens (including phenoxy) is 1. The molecule has 6 nitrogen and oxygen atoms in total. The first-order valence-electron chi connectivity index (χ1n) is 8.54. The van der Waals surface area contributed by atoms with E-state index in [4.69, 9.17) is 4.74 Å². The van der Waals surface area contributed by atoms with Crippen molar-refractivity contribution in [3.63, 3.8) is 0 Å². The average Bonchev–Trinajstić information content (AvgIpc) is 2.65. The molecule has 1 amide bonds. The van der Waals surface area contributed by atoms with Gasteiger partial charge in [0.2, 0.25) is 0 Å². The Balaban J connectivity index is 1.85. The molecule has 1 aromatic heterocycles. The molecule has 132 valence electrons. The predicted octanol–water partition coefficient (Wildman–Crippen LogP) is 2.04. The van der Waals surface area contributed by atoms with Crippen LogP contribution in [0, 0.1) is 0 Å². The van der Waals surface area contributed by atoms with E-state index < -0.39 is 0 Å². The Labute approximate surface area is 147 Å². The standard InChI is InChI=1S/C19H23N3O3/c1-21(17-9-5-7-14-6-3-4-8-15(14)17)19(24)16-10-11-18(23)22(20-16)12-13-25-2/h3-4,6,8,10-11,17H,5,7,9,12-13H2,1-2H3/t17-/m0/s1. The highest BCUT2D eigenvalue weighted by Crippen LogP contribution is 2.33. The summed E-state index contributed by atoms with van der Waals surface area (Å²) in [4.78, 5) is 26.5. The van der Waals surface area contributed by atoms with E-state index in [9.17, 15) is 9.59 Å². The molecular weight excluding hydrogens is 318 g/mol. The summed E-state index contributed by atoms with van der Waals surface area (Å²) in [6, 6.07) is 11.2. The summed E-state index contributed by atoms with van der Waals surface area (Å²) in [5, 5.41) is 4.21. The van der Waals surface area contributed by atoms with Crippen LogP contribution in [-0.2, 0) is 17.7 Å². The second-order valence-corrected chi connectivity index (χ2v) is 6.30. The molecule has 0 unspecified atom stereocenters. The minimum absolute atomic E-state index is 0.0404. The monoisotopic (exact) mass is 341 g/mol. The molecule has 1 aromatic carbocycles. The molecule has 0 aliphatic heterocycles. The van der Waals surface area contributed by atoms with Gasteiger partial charge in [-0.25, -0.2) is 4.68 Å². The molecule has 3 rings (SSSR count). The largest absolute Gasteiger partial charge is 0.383 e. The van der Waals surface area contributed by atoms with E-state index in [-0.39, 0.29) is 23.2 Å². The molecule has 0 bridgehead atoms. The lowest BCUT2D eigenvalue weighted by Gasteiger charge is -2.33. The number of carbonyl (C=O) groups excluding carboxylic acids is 1. The van der Waals surface area contributed by atoms with E-state index in [1.54, 1.807) is 19.1 Å². The first-order chi connectivity index (χ1) is 12.1. The van der Waals surface area contributed by atoms with Crippen molar-refractivity contribution < 1.29 is 9.53 Å². The van der Waals surface area contributed by atoms with Crippen LogP contribution in [0.25, 0.3) is 0 Å². The Morgan fingerprint density at radius 1 is 1.32 bits per heavy atom. The maximum absolute atomic E-state index is 12.9. The van der Waals surface area contributed by atoms with Gasteiger partial charge in [0.1, 0.15) is 5.69 Å². The van der Waals surface area contributed by atoms with Gasteiger partial charge in [0, 0.05) is 20.2 Å². The molecule has 0 saturated heterocycles. The number of aromatic nitrogens is 2. The van der Waals surface area contributed by atoms with Gasteiger partial charge in [-0.2, -0.15) is 5.10 Å². The van der Waals surface area contributed by atoms with E-state index in [0.717, 1.165) is 19.3 Å². The molecule has 6 heteroatoms. The number of carbonyl (C=O) groups is 1. The van der Waals surface area contributed by atoms with E-state index in [2.05, 4.69) is 17.2 Å². The van der Waals surface area contributed by atoms with Gasteiger partial charge >= 0.3 is 0 Å². The second kappa shape index (κ2) is 7.61. The molecule has 0 spiro atoms. The van der Waals surface area contributed by atoms with Gasteiger partial charge in [-0.05, 0) is 36.5 Å². The minimum atomic E-state index is -0.237. The lowest BCUT2D eigenvalue weighted by atomic mass is 9.87. The zero-order valence-electron chi connectivity index (χ0n) is 14.6. The van der Waals surface area contributed by atoms with Crippen LogP contribution in [-0.4, -0.2) is 41.4 Å². The molecule has 0 N–H and O–H groups in total. The van der Waals surface area contributed by atoms with Crippen molar-refractivity contribution in [3.8, 4) is 0 Å². The molecule has 1 heterocycles. The summed E-state index contributed by atoms with van der Waals surface area (Å²) in [6.07, 6.45) is 3.04. The number of nitrogens with zero attached hydrogens (tertiary/aromatic N) is 3. The Kier molecular flexibility index (Phi) is 5.28. The summed E-state index contributed by atoms with van der Waals surface area (Å²) in [6.45, 7) is 0.697. The SMILES string of the molecule is COCCn1nc(C(=O)N(C)[C@H]2CCCc3ccccc32)ccc1=O. The second-order valence-electron chi connectivity index (χ2n) is 6.30.